The maximum absolute atomic E-state index is 5.06. The Morgan fingerprint density at radius 3 is 2.70 bits per heavy atom. The van der Waals surface area contributed by atoms with Gasteiger partial charge in [0.05, 0.1) is 18.3 Å². The standard InChI is InChI=1S/C15H30N4O/c1-15(2,3)19-13-14(12-17-19)11-16-7-6-8-18(4)9-10-20-5/h12-13,16H,6-11H2,1-5H3. The van der Waals surface area contributed by atoms with Crippen LogP contribution < -0.4 is 5.32 Å². The van der Waals surface area contributed by atoms with E-state index in [1.165, 1.54) is 5.56 Å². The minimum Gasteiger partial charge on any atom is -0.383 e. The molecule has 0 radical (unpaired) electrons. The van der Waals surface area contributed by atoms with Gasteiger partial charge in [0.2, 0.25) is 0 Å². The molecule has 1 rings (SSSR count). The monoisotopic (exact) mass is 282 g/mol. The van der Waals surface area contributed by atoms with Crippen LogP contribution in [0.3, 0.4) is 0 Å². The molecular weight excluding hydrogens is 252 g/mol. The lowest BCUT2D eigenvalue weighted by atomic mass is 10.1. The molecule has 116 valence electrons. The first kappa shape index (κ1) is 17.1. The molecule has 0 amide bonds. The Morgan fingerprint density at radius 2 is 2.10 bits per heavy atom. The number of aromatic nitrogens is 2. The summed E-state index contributed by atoms with van der Waals surface area (Å²) in [4.78, 5) is 2.29. The fourth-order valence-electron chi connectivity index (χ4n) is 1.88. The number of rotatable bonds is 9. The maximum Gasteiger partial charge on any atom is 0.0589 e. The van der Waals surface area contributed by atoms with Crippen LogP contribution in [0.15, 0.2) is 12.4 Å². The predicted molar refractivity (Wildman–Crippen MR) is 82.9 cm³/mol. The first-order valence-electron chi connectivity index (χ1n) is 7.35. The van der Waals surface area contributed by atoms with E-state index in [9.17, 15) is 0 Å². The number of ether oxygens (including phenoxy) is 1. The van der Waals surface area contributed by atoms with Crippen LogP contribution in [-0.2, 0) is 16.8 Å². The molecule has 0 aliphatic heterocycles. The Morgan fingerprint density at radius 1 is 1.35 bits per heavy atom. The van der Waals surface area contributed by atoms with E-state index in [1.807, 2.05) is 10.9 Å². The summed E-state index contributed by atoms with van der Waals surface area (Å²) in [5.41, 5.74) is 1.30. The summed E-state index contributed by atoms with van der Waals surface area (Å²) in [6.07, 6.45) is 5.22. The molecule has 5 nitrogen and oxygen atoms in total. The van der Waals surface area contributed by atoms with Gasteiger partial charge >= 0.3 is 0 Å². The van der Waals surface area contributed by atoms with Crippen LogP contribution in [0, 0.1) is 0 Å². The molecule has 0 aromatic carbocycles. The summed E-state index contributed by atoms with van der Waals surface area (Å²) in [5, 5.41) is 7.87. The second-order valence-electron chi connectivity index (χ2n) is 6.29. The van der Waals surface area contributed by atoms with Gasteiger partial charge in [-0.25, -0.2) is 0 Å². The Kier molecular flexibility index (Phi) is 7.19. The normalized spacial score (nSPS) is 12.3. The smallest absolute Gasteiger partial charge is 0.0589 e. The molecule has 0 fully saturated rings. The largest absolute Gasteiger partial charge is 0.383 e. The topological polar surface area (TPSA) is 42.3 Å². The van der Waals surface area contributed by atoms with E-state index in [0.717, 1.165) is 39.2 Å². The quantitative estimate of drug-likeness (QED) is 0.700. The molecule has 0 spiro atoms. The van der Waals surface area contributed by atoms with Crippen molar-refractivity contribution in [1.29, 1.82) is 0 Å². The van der Waals surface area contributed by atoms with Gasteiger partial charge in [-0.3, -0.25) is 4.68 Å². The zero-order valence-corrected chi connectivity index (χ0v) is 13.6. The van der Waals surface area contributed by atoms with Crippen LogP contribution in [0.5, 0.6) is 0 Å². The molecule has 5 heteroatoms. The van der Waals surface area contributed by atoms with E-state index in [4.69, 9.17) is 4.74 Å². The van der Waals surface area contributed by atoms with Crippen LogP contribution in [-0.4, -0.2) is 55.1 Å². The highest BCUT2D eigenvalue weighted by atomic mass is 16.5. The molecule has 0 saturated heterocycles. The van der Waals surface area contributed by atoms with E-state index in [0.29, 0.717) is 0 Å². The maximum atomic E-state index is 5.06. The zero-order valence-electron chi connectivity index (χ0n) is 13.6. The number of methoxy groups -OCH3 is 1. The minimum atomic E-state index is 0.0578. The SMILES string of the molecule is COCCN(C)CCCNCc1cnn(C(C)(C)C)c1. The first-order chi connectivity index (χ1) is 9.43. The Balaban J connectivity index is 2.14. The second kappa shape index (κ2) is 8.39. The van der Waals surface area contributed by atoms with E-state index < -0.39 is 0 Å². The van der Waals surface area contributed by atoms with Crippen LogP contribution in [0.1, 0.15) is 32.8 Å². The Labute approximate surface area is 123 Å². The molecule has 0 aliphatic rings. The summed E-state index contributed by atoms with van der Waals surface area (Å²) in [6.45, 7) is 11.3. The van der Waals surface area contributed by atoms with Crippen molar-refractivity contribution >= 4 is 0 Å². The van der Waals surface area contributed by atoms with Gasteiger partial charge in [0.1, 0.15) is 0 Å². The second-order valence-corrected chi connectivity index (χ2v) is 6.29. The van der Waals surface area contributed by atoms with Gasteiger partial charge in [-0.1, -0.05) is 0 Å². The summed E-state index contributed by atoms with van der Waals surface area (Å²) in [5.74, 6) is 0. The average molecular weight is 282 g/mol. The number of nitrogens with zero attached hydrogens (tertiary/aromatic N) is 3. The molecule has 1 N–H and O–H groups in total. The number of hydrogen-bond acceptors (Lipinski definition) is 4. The first-order valence-corrected chi connectivity index (χ1v) is 7.35. The third-order valence-corrected chi connectivity index (χ3v) is 3.22. The van der Waals surface area contributed by atoms with Crippen molar-refractivity contribution in [3.05, 3.63) is 18.0 Å². The molecule has 0 aliphatic carbocycles. The molecule has 1 heterocycles. The van der Waals surface area contributed by atoms with Gasteiger partial charge in [-0.15, -0.1) is 0 Å². The molecule has 1 aromatic heterocycles. The highest BCUT2D eigenvalue weighted by molar-refractivity contribution is 5.04. The number of hydrogen-bond donors (Lipinski definition) is 1. The van der Waals surface area contributed by atoms with Crippen molar-refractivity contribution in [3.63, 3.8) is 0 Å². The molecule has 0 saturated carbocycles. The lowest BCUT2D eigenvalue weighted by Gasteiger charge is -2.18. The highest BCUT2D eigenvalue weighted by Gasteiger charge is 2.13. The molecule has 0 atom stereocenters. The van der Waals surface area contributed by atoms with Gasteiger partial charge in [0.25, 0.3) is 0 Å². The van der Waals surface area contributed by atoms with Gasteiger partial charge in [0.15, 0.2) is 0 Å². The third kappa shape index (κ3) is 6.50. The predicted octanol–water partition coefficient (Wildman–Crippen LogP) is 1.70. The van der Waals surface area contributed by atoms with Gasteiger partial charge in [-0.05, 0) is 47.3 Å². The number of likely N-dealkylation sites (N-methyl/N-ethyl adjacent to an activating group) is 1. The lowest BCUT2D eigenvalue weighted by molar-refractivity contribution is 0.160. The van der Waals surface area contributed by atoms with Crippen molar-refractivity contribution in [2.75, 3.05) is 40.4 Å². The lowest BCUT2D eigenvalue weighted by Crippen LogP contribution is -2.26. The van der Waals surface area contributed by atoms with Crippen molar-refractivity contribution in [2.45, 2.75) is 39.3 Å². The summed E-state index contributed by atoms with van der Waals surface area (Å²) in [7, 11) is 3.87. The van der Waals surface area contributed by atoms with Gasteiger partial charge in [0, 0.05) is 32.0 Å². The molecule has 1 aromatic rings. The zero-order chi connectivity index (χ0) is 15.0. The summed E-state index contributed by atoms with van der Waals surface area (Å²) >= 11 is 0. The molecule has 0 bridgehead atoms. The van der Waals surface area contributed by atoms with Crippen LogP contribution >= 0.6 is 0 Å². The van der Waals surface area contributed by atoms with Crippen LogP contribution in [0.2, 0.25) is 0 Å². The van der Waals surface area contributed by atoms with Crippen LogP contribution in [0.25, 0.3) is 0 Å². The molecule has 0 unspecified atom stereocenters. The van der Waals surface area contributed by atoms with Gasteiger partial charge in [-0.2, -0.15) is 5.10 Å². The van der Waals surface area contributed by atoms with E-state index in [-0.39, 0.29) is 5.54 Å². The van der Waals surface area contributed by atoms with E-state index >= 15 is 0 Å². The van der Waals surface area contributed by atoms with Crippen molar-refractivity contribution < 1.29 is 4.74 Å². The summed E-state index contributed by atoms with van der Waals surface area (Å²) in [6, 6.07) is 0. The molecule has 20 heavy (non-hydrogen) atoms. The van der Waals surface area contributed by atoms with Crippen molar-refractivity contribution in [1.82, 2.24) is 20.0 Å². The van der Waals surface area contributed by atoms with Crippen molar-refractivity contribution in [3.8, 4) is 0 Å². The fraction of sp³-hybridized carbons (Fsp3) is 0.800. The van der Waals surface area contributed by atoms with E-state index in [2.05, 4.69) is 49.3 Å². The van der Waals surface area contributed by atoms with Crippen molar-refractivity contribution in [2.24, 2.45) is 0 Å². The Bertz CT molecular complexity index is 370. The van der Waals surface area contributed by atoms with Gasteiger partial charge < -0.3 is 15.0 Å². The van der Waals surface area contributed by atoms with E-state index in [1.54, 1.807) is 7.11 Å². The van der Waals surface area contributed by atoms with Crippen LogP contribution in [0.4, 0.5) is 0 Å². The summed E-state index contributed by atoms with van der Waals surface area (Å²) < 4.78 is 7.08. The highest BCUT2D eigenvalue weighted by Crippen LogP contribution is 2.12. The Hall–Kier alpha value is -0.910. The fourth-order valence-corrected chi connectivity index (χ4v) is 1.88. The average Bonchev–Trinajstić information content (AvgIpc) is 2.84. The minimum absolute atomic E-state index is 0.0578. The third-order valence-electron chi connectivity index (χ3n) is 3.22. The molecular formula is C15H30N4O. The number of nitrogens with one attached hydrogen (secondary N) is 1.